The minimum Gasteiger partial charge on any atom is -0.489 e. The highest BCUT2D eigenvalue weighted by molar-refractivity contribution is 6.32. The zero-order chi connectivity index (χ0) is 15.5. The summed E-state index contributed by atoms with van der Waals surface area (Å²) in [5, 5.41) is 12.9. The van der Waals surface area contributed by atoms with E-state index in [-0.39, 0.29) is 18.1 Å². The third-order valence-electron chi connectivity index (χ3n) is 4.10. The summed E-state index contributed by atoms with van der Waals surface area (Å²) in [5.41, 5.74) is 0.473. The highest BCUT2D eigenvalue weighted by Gasteiger charge is 2.23. The quantitative estimate of drug-likeness (QED) is 0.877. The predicted octanol–water partition coefficient (Wildman–Crippen LogP) is 2.53. The second-order valence-electron chi connectivity index (χ2n) is 5.81. The molecule has 0 spiro atoms. The summed E-state index contributed by atoms with van der Waals surface area (Å²) in [6, 6.07) is 3.40. The molecule has 0 radical (unpaired) electrons. The summed E-state index contributed by atoms with van der Waals surface area (Å²) in [6.45, 7) is 1.11. The van der Waals surface area contributed by atoms with Crippen molar-refractivity contribution in [2.24, 2.45) is 0 Å². The number of hydrogen-bond donors (Lipinski definition) is 2. The van der Waals surface area contributed by atoms with Crippen molar-refractivity contribution in [3.8, 4) is 11.5 Å². The van der Waals surface area contributed by atoms with Crippen molar-refractivity contribution in [3.63, 3.8) is 0 Å². The number of amides is 1. The van der Waals surface area contributed by atoms with E-state index in [1.165, 1.54) is 0 Å². The molecule has 1 saturated carbocycles. The van der Waals surface area contributed by atoms with Crippen LogP contribution in [0.15, 0.2) is 12.1 Å². The van der Waals surface area contributed by atoms with Gasteiger partial charge in [-0.1, -0.05) is 11.6 Å². The Hall–Kier alpha value is -1.46. The standard InChI is InChI=1S/C16H20ClNO4/c17-13-8-10(9-14-15(13)22-7-1-6-21-14)16(20)18-11-2-4-12(19)5-3-11/h8-9,11-12,19H,1-7H2,(H,18,20). The smallest absolute Gasteiger partial charge is 0.251 e. The number of benzene rings is 1. The molecular formula is C16H20ClNO4. The second kappa shape index (κ2) is 6.75. The lowest BCUT2D eigenvalue weighted by molar-refractivity contribution is 0.0867. The van der Waals surface area contributed by atoms with Gasteiger partial charge in [-0.15, -0.1) is 0 Å². The van der Waals surface area contributed by atoms with Gasteiger partial charge in [0.25, 0.3) is 5.91 Å². The van der Waals surface area contributed by atoms with Crippen molar-refractivity contribution in [2.45, 2.75) is 44.2 Å². The largest absolute Gasteiger partial charge is 0.489 e. The van der Waals surface area contributed by atoms with Crippen molar-refractivity contribution in [1.29, 1.82) is 0 Å². The summed E-state index contributed by atoms with van der Waals surface area (Å²) in [7, 11) is 0. The maximum absolute atomic E-state index is 12.4. The molecule has 6 heteroatoms. The van der Waals surface area contributed by atoms with E-state index >= 15 is 0 Å². The first-order chi connectivity index (χ1) is 10.6. The minimum atomic E-state index is -0.236. The van der Waals surface area contributed by atoms with Gasteiger partial charge in [-0.3, -0.25) is 4.79 Å². The van der Waals surface area contributed by atoms with Gasteiger partial charge in [-0.2, -0.15) is 0 Å². The highest BCUT2D eigenvalue weighted by Crippen LogP contribution is 2.38. The topological polar surface area (TPSA) is 67.8 Å². The molecule has 1 aromatic carbocycles. The molecule has 3 rings (SSSR count). The molecule has 1 fully saturated rings. The number of aliphatic hydroxyl groups is 1. The molecule has 0 aromatic heterocycles. The fourth-order valence-corrected chi connectivity index (χ4v) is 3.12. The third kappa shape index (κ3) is 3.47. The number of aliphatic hydroxyl groups excluding tert-OH is 1. The van der Waals surface area contributed by atoms with Gasteiger partial charge in [0.2, 0.25) is 0 Å². The summed E-state index contributed by atoms with van der Waals surface area (Å²) < 4.78 is 11.2. The molecular weight excluding hydrogens is 306 g/mol. The molecule has 0 atom stereocenters. The summed E-state index contributed by atoms with van der Waals surface area (Å²) >= 11 is 6.21. The van der Waals surface area contributed by atoms with Crippen LogP contribution in [0.1, 0.15) is 42.5 Å². The fourth-order valence-electron chi connectivity index (χ4n) is 2.85. The van der Waals surface area contributed by atoms with Crippen LogP contribution in [-0.4, -0.2) is 36.4 Å². The van der Waals surface area contributed by atoms with Crippen LogP contribution in [-0.2, 0) is 0 Å². The van der Waals surface area contributed by atoms with Gasteiger partial charge in [0.15, 0.2) is 11.5 Å². The molecule has 0 unspecified atom stereocenters. The zero-order valence-electron chi connectivity index (χ0n) is 12.3. The molecule has 1 aliphatic heterocycles. The van der Waals surface area contributed by atoms with E-state index in [0.717, 1.165) is 32.1 Å². The lowest BCUT2D eigenvalue weighted by Crippen LogP contribution is -2.38. The van der Waals surface area contributed by atoms with Gasteiger partial charge in [0, 0.05) is 18.0 Å². The van der Waals surface area contributed by atoms with Crippen LogP contribution in [0, 0.1) is 0 Å². The highest BCUT2D eigenvalue weighted by atomic mass is 35.5. The molecule has 22 heavy (non-hydrogen) atoms. The molecule has 0 bridgehead atoms. The number of nitrogens with one attached hydrogen (secondary N) is 1. The average molecular weight is 326 g/mol. The molecule has 2 N–H and O–H groups in total. The van der Waals surface area contributed by atoms with Crippen LogP contribution in [0.25, 0.3) is 0 Å². The van der Waals surface area contributed by atoms with Crippen molar-refractivity contribution < 1.29 is 19.4 Å². The fraction of sp³-hybridized carbons (Fsp3) is 0.562. The van der Waals surface area contributed by atoms with Crippen molar-refractivity contribution in [3.05, 3.63) is 22.7 Å². The first kappa shape index (κ1) is 15.4. The van der Waals surface area contributed by atoms with Crippen LogP contribution in [0.2, 0.25) is 5.02 Å². The van der Waals surface area contributed by atoms with E-state index in [1.807, 2.05) is 0 Å². The van der Waals surface area contributed by atoms with Gasteiger partial charge < -0.3 is 19.9 Å². The van der Waals surface area contributed by atoms with Crippen LogP contribution in [0.3, 0.4) is 0 Å². The first-order valence-corrected chi connectivity index (χ1v) is 8.09. The van der Waals surface area contributed by atoms with E-state index < -0.39 is 0 Å². The molecule has 0 saturated heterocycles. The lowest BCUT2D eigenvalue weighted by atomic mass is 9.93. The maximum Gasteiger partial charge on any atom is 0.251 e. The summed E-state index contributed by atoms with van der Waals surface area (Å²) in [4.78, 5) is 12.4. The Morgan fingerprint density at radius 2 is 1.91 bits per heavy atom. The van der Waals surface area contributed by atoms with Crippen LogP contribution in [0.5, 0.6) is 11.5 Å². The molecule has 1 amide bonds. The number of fused-ring (bicyclic) bond motifs is 1. The molecule has 1 aromatic rings. The van der Waals surface area contributed by atoms with Gasteiger partial charge in [-0.05, 0) is 37.8 Å². The zero-order valence-corrected chi connectivity index (χ0v) is 13.1. The van der Waals surface area contributed by atoms with E-state index in [9.17, 15) is 9.90 Å². The Kier molecular flexibility index (Phi) is 4.74. The van der Waals surface area contributed by atoms with Gasteiger partial charge in [0.1, 0.15) is 0 Å². The maximum atomic E-state index is 12.4. The number of hydrogen-bond acceptors (Lipinski definition) is 4. The second-order valence-corrected chi connectivity index (χ2v) is 6.22. The van der Waals surface area contributed by atoms with Crippen molar-refractivity contribution in [1.82, 2.24) is 5.32 Å². The molecule has 5 nitrogen and oxygen atoms in total. The van der Waals surface area contributed by atoms with Crippen LogP contribution >= 0.6 is 11.6 Å². The lowest BCUT2D eigenvalue weighted by Gasteiger charge is -2.26. The van der Waals surface area contributed by atoms with E-state index in [4.69, 9.17) is 21.1 Å². The third-order valence-corrected chi connectivity index (χ3v) is 4.38. The number of carbonyl (C=O) groups is 1. The van der Waals surface area contributed by atoms with Gasteiger partial charge in [-0.25, -0.2) is 0 Å². The van der Waals surface area contributed by atoms with Crippen molar-refractivity contribution in [2.75, 3.05) is 13.2 Å². The first-order valence-electron chi connectivity index (χ1n) is 7.71. The van der Waals surface area contributed by atoms with Crippen LogP contribution < -0.4 is 14.8 Å². The number of ether oxygens (including phenoxy) is 2. The average Bonchev–Trinajstić information content (AvgIpc) is 2.75. The number of rotatable bonds is 2. The van der Waals surface area contributed by atoms with Crippen LogP contribution in [0.4, 0.5) is 0 Å². The summed E-state index contributed by atoms with van der Waals surface area (Å²) in [6.07, 6.45) is 3.60. The monoisotopic (exact) mass is 325 g/mol. The minimum absolute atomic E-state index is 0.102. The Bertz CT molecular complexity index is 555. The van der Waals surface area contributed by atoms with E-state index in [1.54, 1.807) is 12.1 Å². The van der Waals surface area contributed by atoms with Gasteiger partial charge in [0.05, 0.1) is 24.3 Å². The summed E-state index contributed by atoms with van der Waals surface area (Å²) in [5.74, 6) is 0.865. The predicted molar refractivity (Wildman–Crippen MR) is 82.8 cm³/mol. The number of halogens is 1. The Morgan fingerprint density at radius 1 is 1.18 bits per heavy atom. The SMILES string of the molecule is O=C(NC1CCC(O)CC1)c1cc(Cl)c2c(c1)OCCCO2. The molecule has 1 heterocycles. The number of carbonyl (C=O) groups excluding carboxylic acids is 1. The van der Waals surface area contributed by atoms with E-state index in [2.05, 4.69) is 5.32 Å². The molecule has 2 aliphatic rings. The van der Waals surface area contributed by atoms with Gasteiger partial charge >= 0.3 is 0 Å². The van der Waals surface area contributed by atoms with Crippen molar-refractivity contribution >= 4 is 17.5 Å². The normalized spacial score (nSPS) is 24.5. The molecule has 120 valence electrons. The molecule has 1 aliphatic carbocycles. The Labute approximate surface area is 134 Å². The van der Waals surface area contributed by atoms with E-state index in [0.29, 0.717) is 35.3 Å². The Balaban J connectivity index is 1.72. The Morgan fingerprint density at radius 3 is 2.68 bits per heavy atom.